The van der Waals surface area contributed by atoms with Gasteiger partial charge in [-0.1, -0.05) is 54.1 Å². The first-order valence-corrected chi connectivity index (χ1v) is 11.2. The number of halogens is 1. The lowest BCUT2D eigenvalue weighted by molar-refractivity contribution is 0.126. The highest BCUT2D eigenvalue weighted by Gasteiger charge is 2.28. The molecule has 0 spiro atoms. The molecule has 1 heterocycles. The molecule has 4 rings (SSSR count). The van der Waals surface area contributed by atoms with Gasteiger partial charge in [0.25, 0.3) is 0 Å². The SMILES string of the molecule is COc1ccc(NC(=O)N2CCN([C@H](c3ccccc3)c3ccc(Cl)cc3)CC2)c(C)c1. The second-order valence-electron chi connectivity index (χ2n) is 8.00. The summed E-state index contributed by atoms with van der Waals surface area (Å²) in [6.45, 7) is 4.87. The number of amides is 2. The van der Waals surface area contributed by atoms with Gasteiger partial charge < -0.3 is 15.0 Å². The molecule has 0 aliphatic carbocycles. The van der Waals surface area contributed by atoms with Crippen LogP contribution in [-0.4, -0.2) is 49.1 Å². The molecular weight excluding hydrogens is 422 g/mol. The van der Waals surface area contributed by atoms with E-state index in [1.165, 1.54) is 11.1 Å². The number of urea groups is 1. The number of anilines is 1. The Morgan fingerprint density at radius 1 is 0.938 bits per heavy atom. The zero-order chi connectivity index (χ0) is 22.5. The van der Waals surface area contributed by atoms with Gasteiger partial charge in [-0.2, -0.15) is 0 Å². The number of rotatable bonds is 5. The number of nitrogens with zero attached hydrogens (tertiary/aromatic N) is 2. The van der Waals surface area contributed by atoms with Crippen LogP contribution in [0, 0.1) is 6.92 Å². The summed E-state index contributed by atoms with van der Waals surface area (Å²) in [7, 11) is 1.64. The summed E-state index contributed by atoms with van der Waals surface area (Å²) in [6, 6.07) is 24.3. The third-order valence-corrected chi connectivity index (χ3v) is 6.19. The third-order valence-electron chi connectivity index (χ3n) is 5.94. The van der Waals surface area contributed by atoms with E-state index < -0.39 is 0 Å². The van der Waals surface area contributed by atoms with Crippen molar-refractivity contribution in [2.75, 3.05) is 38.6 Å². The van der Waals surface area contributed by atoms with Gasteiger partial charge >= 0.3 is 6.03 Å². The summed E-state index contributed by atoms with van der Waals surface area (Å²) in [5.74, 6) is 0.781. The fourth-order valence-corrected chi connectivity index (χ4v) is 4.30. The molecule has 1 saturated heterocycles. The maximum atomic E-state index is 12.9. The second-order valence-corrected chi connectivity index (χ2v) is 8.44. The normalized spacial score (nSPS) is 15.3. The van der Waals surface area contributed by atoms with Gasteiger partial charge in [0.1, 0.15) is 5.75 Å². The van der Waals surface area contributed by atoms with E-state index in [1.807, 2.05) is 48.2 Å². The molecule has 0 aromatic heterocycles. The molecule has 0 unspecified atom stereocenters. The molecule has 1 aliphatic rings. The van der Waals surface area contributed by atoms with Crippen LogP contribution in [0.1, 0.15) is 22.7 Å². The van der Waals surface area contributed by atoms with Gasteiger partial charge in [0, 0.05) is 36.9 Å². The van der Waals surface area contributed by atoms with Crippen molar-refractivity contribution in [3.05, 3.63) is 94.5 Å². The molecule has 5 nitrogen and oxygen atoms in total. The van der Waals surface area contributed by atoms with Crippen LogP contribution in [0.15, 0.2) is 72.8 Å². The number of methoxy groups -OCH3 is 1. The highest BCUT2D eigenvalue weighted by Crippen LogP contribution is 2.30. The lowest BCUT2D eigenvalue weighted by Gasteiger charge is -2.39. The van der Waals surface area contributed by atoms with Crippen molar-refractivity contribution in [1.82, 2.24) is 9.80 Å². The lowest BCUT2D eigenvalue weighted by atomic mass is 9.96. The molecule has 0 saturated carbocycles. The predicted molar refractivity (Wildman–Crippen MR) is 130 cm³/mol. The number of ether oxygens (including phenoxy) is 1. The zero-order valence-corrected chi connectivity index (χ0v) is 19.2. The van der Waals surface area contributed by atoms with Crippen LogP contribution in [0.2, 0.25) is 5.02 Å². The Bertz CT molecular complexity index is 1050. The molecule has 3 aromatic carbocycles. The van der Waals surface area contributed by atoms with Crippen LogP contribution < -0.4 is 10.1 Å². The van der Waals surface area contributed by atoms with Crippen LogP contribution in [0.25, 0.3) is 0 Å². The van der Waals surface area contributed by atoms with Gasteiger partial charge in [-0.15, -0.1) is 0 Å². The topological polar surface area (TPSA) is 44.8 Å². The van der Waals surface area contributed by atoms with Gasteiger partial charge in [0.15, 0.2) is 0 Å². The molecule has 166 valence electrons. The monoisotopic (exact) mass is 449 g/mol. The number of carbonyl (C=O) groups excluding carboxylic acids is 1. The molecule has 32 heavy (non-hydrogen) atoms. The minimum Gasteiger partial charge on any atom is -0.497 e. The fourth-order valence-electron chi connectivity index (χ4n) is 4.18. The summed E-state index contributed by atoms with van der Waals surface area (Å²) in [5.41, 5.74) is 4.22. The van der Waals surface area contributed by atoms with Crippen LogP contribution in [0.5, 0.6) is 5.75 Å². The summed E-state index contributed by atoms with van der Waals surface area (Å²) >= 11 is 6.12. The molecule has 1 atom stereocenters. The number of hydrogen-bond acceptors (Lipinski definition) is 3. The van der Waals surface area contributed by atoms with E-state index in [9.17, 15) is 4.79 Å². The Morgan fingerprint density at radius 3 is 2.22 bits per heavy atom. The van der Waals surface area contributed by atoms with Crippen molar-refractivity contribution in [3.63, 3.8) is 0 Å². The highest BCUT2D eigenvalue weighted by atomic mass is 35.5. The van der Waals surface area contributed by atoms with Crippen molar-refractivity contribution in [2.45, 2.75) is 13.0 Å². The Labute approximate surface area is 194 Å². The fraction of sp³-hybridized carbons (Fsp3) is 0.269. The van der Waals surface area contributed by atoms with Gasteiger partial charge in [0.05, 0.1) is 13.2 Å². The Kier molecular flexibility index (Phi) is 6.98. The molecule has 6 heteroatoms. The average Bonchev–Trinajstić information content (AvgIpc) is 2.83. The van der Waals surface area contributed by atoms with E-state index >= 15 is 0 Å². The number of hydrogen-bond donors (Lipinski definition) is 1. The lowest BCUT2D eigenvalue weighted by Crippen LogP contribution is -2.51. The molecule has 1 fully saturated rings. The minimum absolute atomic E-state index is 0.0688. The number of piperazine rings is 1. The van der Waals surface area contributed by atoms with Crippen LogP contribution >= 0.6 is 11.6 Å². The number of aryl methyl sites for hydroxylation is 1. The Hall–Kier alpha value is -3.02. The second kappa shape index (κ2) is 10.1. The maximum Gasteiger partial charge on any atom is 0.321 e. The van der Waals surface area contributed by atoms with Crippen molar-refractivity contribution >= 4 is 23.3 Å². The first-order chi connectivity index (χ1) is 15.5. The summed E-state index contributed by atoms with van der Waals surface area (Å²) in [4.78, 5) is 17.2. The first-order valence-electron chi connectivity index (χ1n) is 10.8. The largest absolute Gasteiger partial charge is 0.497 e. The number of nitrogens with one attached hydrogen (secondary N) is 1. The standard InChI is InChI=1S/C26H28ClN3O2/c1-19-18-23(32-2)12-13-24(19)28-26(31)30-16-14-29(15-17-30)25(20-6-4-3-5-7-20)21-8-10-22(27)11-9-21/h3-13,18,25H,14-17H2,1-2H3,(H,28,31)/t25-/m1/s1. The molecule has 0 bridgehead atoms. The van der Waals surface area contributed by atoms with Gasteiger partial charge in [-0.3, -0.25) is 4.90 Å². The van der Waals surface area contributed by atoms with Crippen molar-refractivity contribution in [1.29, 1.82) is 0 Å². The minimum atomic E-state index is -0.0688. The molecule has 1 N–H and O–H groups in total. The number of benzene rings is 3. The van der Waals surface area contributed by atoms with Crippen LogP contribution in [0.3, 0.4) is 0 Å². The molecule has 3 aromatic rings. The van der Waals surface area contributed by atoms with Gasteiger partial charge in [-0.25, -0.2) is 4.79 Å². The first kappa shape index (κ1) is 22.2. The van der Waals surface area contributed by atoms with Crippen LogP contribution in [0.4, 0.5) is 10.5 Å². The highest BCUT2D eigenvalue weighted by molar-refractivity contribution is 6.30. The Morgan fingerprint density at radius 2 is 1.59 bits per heavy atom. The van der Waals surface area contributed by atoms with Gasteiger partial charge in [-0.05, 0) is 53.9 Å². The van der Waals surface area contributed by atoms with E-state index in [0.717, 1.165) is 35.1 Å². The summed E-state index contributed by atoms with van der Waals surface area (Å²) in [6.07, 6.45) is 0. The van der Waals surface area contributed by atoms with E-state index in [1.54, 1.807) is 7.11 Å². The van der Waals surface area contributed by atoms with Crippen molar-refractivity contribution in [3.8, 4) is 5.75 Å². The van der Waals surface area contributed by atoms with Crippen molar-refractivity contribution < 1.29 is 9.53 Å². The average molecular weight is 450 g/mol. The van der Waals surface area contributed by atoms with E-state index in [0.29, 0.717) is 13.1 Å². The maximum absolute atomic E-state index is 12.9. The Balaban J connectivity index is 1.45. The number of carbonyl (C=O) groups is 1. The molecular formula is C26H28ClN3O2. The zero-order valence-electron chi connectivity index (χ0n) is 18.4. The summed E-state index contributed by atoms with van der Waals surface area (Å²) in [5, 5.41) is 3.78. The van der Waals surface area contributed by atoms with Gasteiger partial charge in [0.2, 0.25) is 0 Å². The quantitative estimate of drug-likeness (QED) is 0.551. The summed E-state index contributed by atoms with van der Waals surface area (Å²) < 4.78 is 5.25. The van der Waals surface area contributed by atoms with E-state index in [4.69, 9.17) is 16.3 Å². The van der Waals surface area contributed by atoms with E-state index in [2.05, 4.69) is 46.6 Å². The molecule has 2 amide bonds. The smallest absolute Gasteiger partial charge is 0.321 e. The third kappa shape index (κ3) is 5.06. The van der Waals surface area contributed by atoms with E-state index in [-0.39, 0.29) is 12.1 Å². The molecule has 0 radical (unpaired) electrons. The van der Waals surface area contributed by atoms with Crippen molar-refractivity contribution in [2.24, 2.45) is 0 Å². The predicted octanol–water partition coefficient (Wildman–Crippen LogP) is 5.60. The molecule has 1 aliphatic heterocycles. The van der Waals surface area contributed by atoms with Crippen LogP contribution in [-0.2, 0) is 0 Å².